The van der Waals surface area contributed by atoms with E-state index >= 15 is 0 Å². The van der Waals surface area contributed by atoms with Crippen molar-refractivity contribution in [2.75, 3.05) is 5.32 Å². The Morgan fingerprint density at radius 3 is 2.48 bits per heavy atom. The molecule has 1 heterocycles. The van der Waals surface area contributed by atoms with Crippen molar-refractivity contribution in [3.63, 3.8) is 0 Å². The van der Waals surface area contributed by atoms with Crippen LogP contribution >= 0.6 is 11.6 Å². The summed E-state index contributed by atoms with van der Waals surface area (Å²) in [6, 6.07) is 16.8. The number of amides is 2. The van der Waals surface area contributed by atoms with Crippen LogP contribution < -0.4 is 10.6 Å². The second-order valence-corrected chi connectivity index (χ2v) is 6.00. The molecule has 4 nitrogen and oxygen atoms in total. The van der Waals surface area contributed by atoms with Gasteiger partial charge in [0.1, 0.15) is 5.82 Å². The number of carbonyl (C=O) groups excluding carboxylic acids is 1. The Hall–Kier alpha value is -2.79. The molecule has 0 fully saturated rings. The average Bonchev–Trinajstić information content (AvgIpc) is 3.04. The molecule has 2 amide bonds. The Labute approximate surface area is 150 Å². The molecule has 0 aliphatic carbocycles. The molecule has 0 unspecified atom stereocenters. The Morgan fingerprint density at radius 2 is 1.76 bits per heavy atom. The molecule has 6 heteroatoms. The van der Waals surface area contributed by atoms with Gasteiger partial charge in [-0.1, -0.05) is 23.7 Å². The summed E-state index contributed by atoms with van der Waals surface area (Å²) in [4.78, 5) is 12.0. The van der Waals surface area contributed by atoms with Crippen LogP contribution in [0.3, 0.4) is 0 Å². The highest BCUT2D eigenvalue weighted by Gasteiger charge is 2.06. The van der Waals surface area contributed by atoms with Crippen molar-refractivity contribution >= 4 is 23.3 Å². The summed E-state index contributed by atoms with van der Waals surface area (Å²) in [5.74, 6) is -0.253. The Kier molecular flexibility index (Phi) is 5.36. The number of hydrogen-bond acceptors (Lipinski definition) is 1. The van der Waals surface area contributed by atoms with E-state index in [1.807, 2.05) is 22.9 Å². The first-order valence-electron chi connectivity index (χ1n) is 7.79. The number of aromatic nitrogens is 1. The van der Waals surface area contributed by atoms with Crippen LogP contribution in [0.15, 0.2) is 66.9 Å². The van der Waals surface area contributed by atoms with Gasteiger partial charge >= 0.3 is 6.03 Å². The number of benzene rings is 2. The first-order valence-corrected chi connectivity index (χ1v) is 8.17. The van der Waals surface area contributed by atoms with Gasteiger partial charge in [-0.25, -0.2) is 9.18 Å². The average molecular weight is 358 g/mol. The molecule has 3 rings (SSSR count). The molecule has 25 heavy (non-hydrogen) atoms. The first kappa shape index (κ1) is 17.0. The zero-order valence-corrected chi connectivity index (χ0v) is 14.1. The number of nitrogens with zero attached hydrogens (tertiary/aromatic N) is 1. The van der Waals surface area contributed by atoms with E-state index in [0.29, 0.717) is 23.8 Å². The van der Waals surface area contributed by atoms with Crippen LogP contribution in [-0.4, -0.2) is 10.6 Å². The van der Waals surface area contributed by atoms with Crippen LogP contribution in [0.1, 0.15) is 11.3 Å². The molecule has 1 aromatic heterocycles. The summed E-state index contributed by atoms with van der Waals surface area (Å²) < 4.78 is 15.0. The topological polar surface area (TPSA) is 46.1 Å². The highest BCUT2D eigenvalue weighted by Crippen LogP contribution is 2.13. The van der Waals surface area contributed by atoms with Gasteiger partial charge in [0.15, 0.2) is 0 Å². The molecular weight excluding hydrogens is 341 g/mol. The minimum Gasteiger partial charge on any atom is -0.345 e. The number of urea groups is 1. The smallest absolute Gasteiger partial charge is 0.319 e. The molecular formula is C19H17ClFN3O. The molecule has 0 saturated carbocycles. The summed E-state index contributed by atoms with van der Waals surface area (Å²) in [7, 11) is 0. The Morgan fingerprint density at radius 1 is 1.04 bits per heavy atom. The molecule has 0 radical (unpaired) electrons. The van der Waals surface area contributed by atoms with Crippen LogP contribution in [0.25, 0.3) is 0 Å². The lowest BCUT2D eigenvalue weighted by atomic mass is 10.2. The minimum atomic E-state index is -0.295. The lowest BCUT2D eigenvalue weighted by molar-refractivity contribution is 0.251. The fourth-order valence-corrected chi connectivity index (χ4v) is 2.56. The largest absolute Gasteiger partial charge is 0.345 e. The van der Waals surface area contributed by atoms with Gasteiger partial charge in [0, 0.05) is 29.1 Å². The maximum atomic E-state index is 13.0. The summed E-state index contributed by atoms with van der Waals surface area (Å²) in [5.41, 5.74) is 2.61. The highest BCUT2D eigenvalue weighted by atomic mass is 35.5. The molecule has 0 aliphatic heterocycles. The number of nitrogens with one attached hydrogen (secondary N) is 2. The van der Waals surface area contributed by atoms with E-state index in [1.165, 1.54) is 12.1 Å². The third kappa shape index (κ3) is 4.84. The summed E-state index contributed by atoms with van der Waals surface area (Å²) in [5, 5.41) is 6.18. The third-order valence-corrected chi connectivity index (χ3v) is 3.97. The fraction of sp³-hybridized carbons (Fsp3) is 0.105. The van der Waals surface area contributed by atoms with Gasteiger partial charge in [-0.05, 0) is 54.1 Å². The lowest BCUT2D eigenvalue weighted by Crippen LogP contribution is -2.29. The van der Waals surface area contributed by atoms with Gasteiger partial charge < -0.3 is 15.2 Å². The molecule has 2 aromatic carbocycles. The predicted octanol–water partition coefficient (Wildman–Crippen LogP) is 4.65. The van der Waals surface area contributed by atoms with E-state index in [2.05, 4.69) is 10.6 Å². The van der Waals surface area contributed by atoms with E-state index in [4.69, 9.17) is 11.6 Å². The van der Waals surface area contributed by atoms with Gasteiger partial charge in [-0.2, -0.15) is 0 Å². The number of carbonyl (C=O) groups is 1. The van der Waals surface area contributed by atoms with Gasteiger partial charge in [0.05, 0.1) is 6.54 Å². The number of hydrogen-bond donors (Lipinski definition) is 2. The normalized spacial score (nSPS) is 10.5. The van der Waals surface area contributed by atoms with Crippen molar-refractivity contribution in [3.05, 3.63) is 89.0 Å². The van der Waals surface area contributed by atoms with Gasteiger partial charge in [-0.3, -0.25) is 0 Å². The van der Waals surface area contributed by atoms with Crippen LogP contribution in [0.5, 0.6) is 0 Å². The van der Waals surface area contributed by atoms with E-state index in [1.54, 1.807) is 36.4 Å². The summed E-state index contributed by atoms with van der Waals surface area (Å²) >= 11 is 5.82. The minimum absolute atomic E-state index is 0.253. The van der Waals surface area contributed by atoms with E-state index < -0.39 is 0 Å². The van der Waals surface area contributed by atoms with Crippen LogP contribution in [0.2, 0.25) is 5.02 Å². The molecule has 0 saturated heterocycles. The van der Waals surface area contributed by atoms with Crippen LogP contribution in [0.4, 0.5) is 14.9 Å². The predicted molar refractivity (Wildman–Crippen MR) is 97.2 cm³/mol. The zero-order valence-electron chi connectivity index (χ0n) is 13.4. The lowest BCUT2D eigenvalue weighted by Gasteiger charge is -2.11. The zero-order chi connectivity index (χ0) is 17.6. The molecule has 0 spiro atoms. The SMILES string of the molecule is O=C(NCc1cccn1Cc1ccc(F)cc1)Nc1ccc(Cl)cc1. The number of rotatable bonds is 5. The van der Waals surface area contributed by atoms with Crippen molar-refractivity contribution in [1.82, 2.24) is 9.88 Å². The Bertz CT molecular complexity index is 844. The standard InChI is InChI=1S/C19H17ClFN3O/c20-15-5-9-17(10-6-15)23-19(25)22-12-18-2-1-11-24(18)13-14-3-7-16(21)8-4-14/h1-11H,12-13H2,(H2,22,23,25). The van der Waals surface area contributed by atoms with E-state index in [9.17, 15) is 9.18 Å². The molecule has 0 aliphatic rings. The van der Waals surface area contributed by atoms with Gasteiger partial charge in [-0.15, -0.1) is 0 Å². The molecule has 0 atom stereocenters. The van der Waals surface area contributed by atoms with Crippen molar-refractivity contribution in [1.29, 1.82) is 0 Å². The second kappa shape index (κ2) is 7.85. The summed E-state index contributed by atoms with van der Waals surface area (Å²) in [6.07, 6.45) is 1.93. The molecule has 2 N–H and O–H groups in total. The van der Waals surface area contributed by atoms with Crippen LogP contribution in [0, 0.1) is 5.82 Å². The van der Waals surface area contributed by atoms with Crippen molar-refractivity contribution < 1.29 is 9.18 Å². The van der Waals surface area contributed by atoms with E-state index in [-0.39, 0.29) is 11.8 Å². The van der Waals surface area contributed by atoms with E-state index in [0.717, 1.165) is 11.3 Å². The highest BCUT2D eigenvalue weighted by molar-refractivity contribution is 6.30. The molecule has 0 bridgehead atoms. The van der Waals surface area contributed by atoms with Crippen molar-refractivity contribution in [2.45, 2.75) is 13.1 Å². The molecule has 3 aromatic rings. The maximum Gasteiger partial charge on any atom is 0.319 e. The third-order valence-electron chi connectivity index (χ3n) is 3.72. The number of halogens is 2. The van der Waals surface area contributed by atoms with Crippen molar-refractivity contribution in [3.8, 4) is 0 Å². The quantitative estimate of drug-likeness (QED) is 0.686. The maximum absolute atomic E-state index is 13.0. The van der Waals surface area contributed by atoms with Crippen molar-refractivity contribution in [2.24, 2.45) is 0 Å². The van der Waals surface area contributed by atoms with Gasteiger partial charge in [0.2, 0.25) is 0 Å². The first-order chi connectivity index (χ1) is 12.1. The second-order valence-electron chi connectivity index (χ2n) is 5.57. The Balaban J connectivity index is 1.56. The number of anilines is 1. The monoisotopic (exact) mass is 357 g/mol. The van der Waals surface area contributed by atoms with Crippen LogP contribution in [-0.2, 0) is 13.1 Å². The fourth-order valence-electron chi connectivity index (χ4n) is 2.43. The van der Waals surface area contributed by atoms with Gasteiger partial charge in [0.25, 0.3) is 0 Å². The molecule has 128 valence electrons. The summed E-state index contributed by atoms with van der Waals surface area (Å²) in [6.45, 7) is 0.997.